The van der Waals surface area contributed by atoms with Crippen molar-refractivity contribution >= 4 is 17.5 Å². The molecule has 0 aliphatic carbocycles. The van der Waals surface area contributed by atoms with Gasteiger partial charge in [-0.2, -0.15) is 11.8 Å². The Morgan fingerprint density at radius 1 is 1.62 bits per heavy atom. The predicted octanol–water partition coefficient (Wildman–Crippen LogP) is 2.27. The lowest BCUT2D eigenvalue weighted by Gasteiger charge is -2.07. The van der Waals surface area contributed by atoms with Crippen LogP contribution < -0.4 is 0 Å². The van der Waals surface area contributed by atoms with E-state index < -0.39 is 0 Å². The maximum Gasteiger partial charge on any atom is 0.142 e. The molecule has 1 aliphatic rings. The molecule has 1 fully saturated rings. The Balaban J connectivity index is 1.96. The molecule has 13 heavy (non-hydrogen) atoms. The second-order valence-corrected chi connectivity index (χ2v) is 4.47. The summed E-state index contributed by atoms with van der Waals surface area (Å²) in [5.74, 6) is 2.05. The van der Waals surface area contributed by atoms with E-state index in [2.05, 4.69) is 0 Å². The molecule has 2 nitrogen and oxygen atoms in total. The minimum atomic E-state index is 0.380. The summed E-state index contributed by atoms with van der Waals surface area (Å²) in [6.45, 7) is 2.96. The summed E-state index contributed by atoms with van der Waals surface area (Å²) in [6.07, 6.45) is 4.49. The lowest BCUT2D eigenvalue weighted by molar-refractivity contribution is -0.116. The van der Waals surface area contributed by atoms with Crippen LogP contribution in [0.5, 0.6) is 0 Å². The van der Waals surface area contributed by atoms with E-state index >= 15 is 0 Å². The zero-order valence-electron chi connectivity index (χ0n) is 8.25. The molecular weight excluding hydrogens is 184 g/mol. The van der Waals surface area contributed by atoms with E-state index in [4.69, 9.17) is 4.74 Å². The summed E-state index contributed by atoms with van der Waals surface area (Å²) in [4.78, 5) is 11.2. The number of thioether (sulfide) groups is 1. The van der Waals surface area contributed by atoms with Crippen LogP contribution in [0.3, 0.4) is 0 Å². The second kappa shape index (κ2) is 6.44. The first-order chi connectivity index (χ1) is 6.33. The fraction of sp³-hybridized carbons (Fsp3) is 0.900. The van der Waals surface area contributed by atoms with Crippen molar-refractivity contribution in [1.29, 1.82) is 0 Å². The monoisotopic (exact) mass is 202 g/mol. The number of rotatable bonds is 6. The molecule has 0 saturated carbocycles. The molecule has 0 aromatic rings. The van der Waals surface area contributed by atoms with Gasteiger partial charge >= 0.3 is 0 Å². The third-order valence-corrected chi connectivity index (χ3v) is 3.25. The zero-order valence-corrected chi connectivity index (χ0v) is 9.07. The Bertz CT molecular complexity index is 153. The van der Waals surface area contributed by atoms with Crippen molar-refractivity contribution in [3.63, 3.8) is 0 Å². The smallest absolute Gasteiger partial charge is 0.142 e. The number of ether oxygens (including phenoxy) is 1. The molecule has 1 unspecified atom stereocenters. The topological polar surface area (TPSA) is 26.3 Å². The van der Waals surface area contributed by atoms with E-state index in [0.29, 0.717) is 17.6 Å². The standard InChI is InChI=1S/C10H18O2S/c1-2-4-9(11)7-13-8-10-5-3-6-12-10/h10H,2-8H2,1H3. The van der Waals surface area contributed by atoms with Crippen LogP contribution in [0, 0.1) is 0 Å². The average Bonchev–Trinajstić information content (AvgIpc) is 2.57. The van der Waals surface area contributed by atoms with Crippen molar-refractivity contribution in [1.82, 2.24) is 0 Å². The number of hydrogen-bond donors (Lipinski definition) is 0. The summed E-state index contributed by atoms with van der Waals surface area (Å²) >= 11 is 1.72. The molecule has 0 spiro atoms. The van der Waals surface area contributed by atoms with Gasteiger partial charge in [-0.3, -0.25) is 4.79 Å². The van der Waals surface area contributed by atoms with Crippen LogP contribution in [0.1, 0.15) is 32.6 Å². The minimum Gasteiger partial charge on any atom is -0.377 e. The van der Waals surface area contributed by atoms with E-state index in [1.165, 1.54) is 12.8 Å². The van der Waals surface area contributed by atoms with Crippen LogP contribution >= 0.6 is 11.8 Å². The molecule has 1 rings (SSSR count). The van der Waals surface area contributed by atoms with Gasteiger partial charge in [0.05, 0.1) is 11.9 Å². The van der Waals surface area contributed by atoms with Gasteiger partial charge in [0.15, 0.2) is 0 Å². The third kappa shape index (κ3) is 4.67. The van der Waals surface area contributed by atoms with E-state index in [1.54, 1.807) is 11.8 Å². The van der Waals surface area contributed by atoms with Crippen molar-refractivity contribution < 1.29 is 9.53 Å². The Hall–Kier alpha value is -0.0200. The van der Waals surface area contributed by atoms with Crippen molar-refractivity contribution in [2.45, 2.75) is 38.7 Å². The zero-order chi connectivity index (χ0) is 9.52. The molecular formula is C10H18O2S. The summed E-state index contributed by atoms with van der Waals surface area (Å²) < 4.78 is 5.46. The molecule has 1 atom stereocenters. The van der Waals surface area contributed by atoms with Gasteiger partial charge in [-0.15, -0.1) is 0 Å². The maximum atomic E-state index is 11.2. The van der Waals surface area contributed by atoms with Crippen LogP contribution in [0.2, 0.25) is 0 Å². The van der Waals surface area contributed by atoms with Crippen molar-refractivity contribution in [3.8, 4) is 0 Å². The quantitative estimate of drug-likeness (QED) is 0.661. The van der Waals surface area contributed by atoms with E-state index in [-0.39, 0.29) is 0 Å². The Kier molecular flexibility index (Phi) is 5.47. The largest absolute Gasteiger partial charge is 0.377 e. The van der Waals surface area contributed by atoms with Crippen molar-refractivity contribution in [3.05, 3.63) is 0 Å². The third-order valence-electron chi connectivity index (χ3n) is 2.12. The van der Waals surface area contributed by atoms with Gasteiger partial charge in [0.25, 0.3) is 0 Å². The molecule has 0 N–H and O–H groups in total. The van der Waals surface area contributed by atoms with Crippen molar-refractivity contribution in [2.24, 2.45) is 0 Å². The first-order valence-corrected chi connectivity index (χ1v) is 6.19. The fourth-order valence-electron chi connectivity index (χ4n) is 1.43. The van der Waals surface area contributed by atoms with E-state index in [9.17, 15) is 4.79 Å². The van der Waals surface area contributed by atoms with E-state index in [1.807, 2.05) is 6.92 Å². The molecule has 1 aliphatic heterocycles. The molecule has 0 aromatic carbocycles. The molecule has 0 bridgehead atoms. The van der Waals surface area contributed by atoms with Crippen LogP contribution in [-0.4, -0.2) is 30.0 Å². The van der Waals surface area contributed by atoms with Crippen LogP contribution in [-0.2, 0) is 9.53 Å². The minimum absolute atomic E-state index is 0.380. The van der Waals surface area contributed by atoms with Crippen molar-refractivity contribution in [2.75, 3.05) is 18.1 Å². The lowest BCUT2D eigenvalue weighted by atomic mass is 10.3. The molecule has 0 amide bonds. The highest BCUT2D eigenvalue weighted by atomic mass is 32.2. The maximum absolute atomic E-state index is 11.2. The Morgan fingerprint density at radius 2 is 2.46 bits per heavy atom. The number of carbonyl (C=O) groups is 1. The van der Waals surface area contributed by atoms with Gasteiger partial charge in [0.2, 0.25) is 0 Å². The van der Waals surface area contributed by atoms with Crippen LogP contribution in [0.15, 0.2) is 0 Å². The van der Waals surface area contributed by atoms with Gasteiger partial charge in [0, 0.05) is 18.8 Å². The predicted molar refractivity (Wildman–Crippen MR) is 56.2 cm³/mol. The molecule has 1 saturated heterocycles. The Morgan fingerprint density at radius 3 is 3.08 bits per heavy atom. The fourth-order valence-corrected chi connectivity index (χ4v) is 2.45. The van der Waals surface area contributed by atoms with Gasteiger partial charge in [-0.05, 0) is 19.3 Å². The highest BCUT2D eigenvalue weighted by Gasteiger charge is 2.15. The highest BCUT2D eigenvalue weighted by molar-refractivity contribution is 8.00. The van der Waals surface area contributed by atoms with Gasteiger partial charge in [0.1, 0.15) is 5.78 Å². The second-order valence-electron chi connectivity index (χ2n) is 3.44. The molecule has 0 radical (unpaired) electrons. The highest BCUT2D eigenvalue weighted by Crippen LogP contribution is 2.17. The number of ketones is 1. The summed E-state index contributed by atoms with van der Waals surface area (Å²) in [5, 5.41) is 0. The molecule has 76 valence electrons. The number of Topliss-reactive ketones (excluding diaryl/α,β-unsaturated/α-hetero) is 1. The number of hydrogen-bond acceptors (Lipinski definition) is 3. The number of carbonyl (C=O) groups excluding carboxylic acids is 1. The Labute approximate surface area is 84.4 Å². The molecule has 3 heteroatoms. The van der Waals surface area contributed by atoms with E-state index in [0.717, 1.165) is 25.2 Å². The first-order valence-electron chi connectivity index (χ1n) is 5.04. The molecule has 0 aromatic heterocycles. The SMILES string of the molecule is CCCC(=O)CSCC1CCCO1. The van der Waals surface area contributed by atoms with Gasteiger partial charge in [-0.25, -0.2) is 0 Å². The summed E-state index contributed by atoms with van der Waals surface area (Å²) in [6, 6.07) is 0. The van der Waals surface area contributed by atoms with Crippen LogP contribution in [0.25, 0.3) is 0 Å². The van der Waals surface area contributed by atoms with Gasteiger partial charge in [-0.1, -0.05) is 6.92 Å². The normalized spacial score (nSPS) is 22.1. The van der Waals surface area contributed by atoms with Crippen LogP contribution in [0.4, 0.5) is 0 Å². The first kappa shape index (κ1) is 11.1. The summed E-state index contributed by atoms with van der Waals surface area (Å²) in [7, 11) is 0. The molecule has 1 heterocycles. The van der Waals surface area contributed by atoms with Gasteiger partial charge < -0.3 is 4.74 Å². The average molecular weight is 202 g/mol. The summed E-state index contributed by atoms with van der Waals surface area (Å²) in [5.41, 5.74) is 0. The lowest BCUT2D eigenvalue weighted by Crippen LogP contribution is -2.10.